The number of ether oxygens (including phenoxy) is 2. The topological polar surface area (TPSA) is 71.9 Å². The van der Waals surface area contributed by atoms with E-state index in [0.717, 1.165) is 5.75 Å². The summed E-state index contributed by atoms with van der Waals surface area (Å²) in [6.07, 6.45) is 1.29. The van der Waals surface area contributed by atoms with Crippen LogP contribution in [0.25, 0.3) is 5.53 Å². The van der Waals surface area contributed by atoms with Gasteiger partial charge >= 0.3 is 12.2 Å². The third-order valence-electron chi connectivity index (χ3n) is 1.71. The van der Waals surface area contributed by atoms with Gasteiger partial charge in [-0.1, -0.05) is 18.2 Å². The van der Waals surface area contributed by atoms with Crippen molar-refractivity contribution >= 4 is 12.2 Å². The maximum atomic E-state index is 10.7. The van der Waals surface area contributed by atoms with E-state index in [-0.39, 0.29) is 6.61 Å². The van der Waals surface area contributed by atoms with E-state index < -0.39 is 5.97 Å². The van der Waals surface area contributed by atoms with Crippen LogP contribution in [0.5, 0.6) is 5.75 Å². The fourth-order valence-electron chi connectivity index (χ4n) is 1.02. The molecule has 5 heteroatoms. The second-order valence-corrected chi connectivity index (χ2v) is 2.93. The van der Waals surface area contributed by atoms with Crippen molar-refractivity contribution < 1.29 is 19.1 Å². The Bertz CT molecular complexity index is 372. The zero-order chi connectivity index (χ0) is 11.6. The van der Waals surface area contributed by atoms with E-state index in [4.69, 9.17) is 15.0 Å². The molecule has 0 amide bonds. The summed E-state index contributed by atoms with van der Waals surface area (Å²) in [6, 6.07) is 9.37. The first-order chi connectivity index (χ1) is 7.83. The Morgan fingerprint density at radius 2 is 2.06 bits per heavy atom. The van der Waals surface area contributed by atoms with Crippen LogP contribution in [-0.4, -0.2) is 30.2 Å². The third kappa shape index (κ3) is 4.93. The molecule has 1 rings (SSSR count). The Morgan fingerprint density at radius 1 is 1.31 bits per heavy atom. The molecule has 0 atom stereocenters. The van der Waals surface area contributed by atoms with Crippen LogP contribution >= 0.6 is 0 Å². The number of carbonyl (C=O) groups is 1. The monoisotopic (exact) mass is 220 g/mol. The van der Waals surface area contributed by atoms with Crippen LogP contribution in [-0.2, 0) is 9.53 Å². The number of para-hydroxylation sites is 1. The minimum atomic E-state index is -0.665. The molecular weight excluding hydrogens is 208 g/mol. The van der Waals surface area contributed by atoms with E-state index >= 15 is 0 Å². The lowest BCUT2D eigenvalue weighted by Crippen LogP contribution is -2.10. The summed E-state index contributed by atoms with van der Waals surface area (Å²) in [6.45, 7) is 0.700. The molecule has 0 aliphatic carbocycles. The molecule has 0 unspecified atom stereocenters. The van der Waals surface area contributed by atoms with Crippen LogP contribution in [0.15, 0.2) is 30.3 Å². The van der Waals surface area contributed by atoms with Crippen LogP contribution in [0.3, 0.4) is 0 Å². The second-order valence-electron chi connectivity index (χ2n) is 2.93. The number of hydrogen-bond acceptors (Lipinski definition) is 3. The van der Waals surface area contributed by atoms with Gasteiger partial charge in [0.1, 0.15) is 5.75 Å². The Kier molecular flexibility index (Phi) is 5.37. The molecule has 0 aliphatic heterocycles. The van der Waals surface area contributed by atoms with Crippen LogP contribution in [0.1, 0.15) is 6.42 Å². The molecule has 0 saturated heterocycles. The highest BCUT2D eigenvalue weighted by Gasteiger charge is 2.01. The van der Waals surface area contributed by atoms with Crippen LogP contribution in [0, 0.1) is 0 Å². The summed E-state index contributed by atoms with van der Waals surface area (Å²) < 4.78 is 10.1. The molecule has 0 fully saturated rings. The number of hydrogen-bond donors (Lipinski definition) is 0. The smallest absolute Gasteiger partial charge is 0.413 e. The Labute approximate surface area is 93.2 Å². The summed E-state index contributed by atoms with van der Waals surface area (Å²) in [5.74, 6) is 0.118. The highest BCUT2D eigenvalue weighted by Crippen LogP contribution is 2.08. The largest absolute Gasteiger partial charge is 0.493 e. The van der Waals surface area contributed by atoms with E-state index in [0.29, 0.717) is 19.2 Å². The summed E-state index contributed by atoms with van der Waals surface area (Å²) in [5, 5.41) is 0. The molecule has 16 heavy (non-hydrogen) atoms. The molecule has 0 radical (unpaired) electrons. The number of benzene rings is 1. The molecule has 1 aromatic rings. The minimum absolute atomic E-state index is 0.234. The molecule has 0 aromatic heterocycles. The maximum absolute atomic E-state index is 10.7. The summed E-state index contributed by atoms with van der Waals surface area (Å²) >= 11 is 0. The van der Waals surface area contributed by atoms with E-state index in [1.54, 1.807) is 0 Å². The van der Waals surface area contributed by atoms with Gasteiger partial charge in [-0.3, -0.25) is 0 Å². The van der Waals surface area contributed by atoms with E-state index in [2.05, 4.69) is 4.79 Å². The minimum Gasteiger partial charge on any atom is -0.493 e. The first-order valence-electron chi connectivity index (χ1n) is 4.85. The van der Waals surface area contributed by atoms with E-state index in [9.17, 15) is 4.79 Å². The number of rotatable bonds is 6. The molecule has 0 heterocycles. The van der Waals surface area contributed by atoms with Gasteiger partial charge < -0.3 is 15.0 Å². The lowest BCUT2D eigenvalue weighted by atomic mass is 10.3. The van der Waals surface area contributed by atoms with Crippen LogP contribution < -0.4 is 4.74 Å². The quantitative estimate of drug-likeness (QED) is 0.238. The molecule has 5 nitrogen and oxygen atoms in total. The molecule has 84 valence electrons. The van der Waals surface area contributed by atoms with Gasteiger partial charge in [-0.15, -0.1) is 0 Å². The number of esters is 1. The van der Waals surface area contributed by atoms with Gasteiger partial charge in [0, 0.05) is 6.42 Å². The molecule has 0 N–H and O–H groups in total. The second kappa shape index (κ2) is 7.20. The normalized spacial score (nSPS) is 9.00. The summed E-state index contributed by atoms with van der Waals surface area (Å²) in [5.41, 5.74) is 8.03. The van der Waals surface area contributed by atoms with Crippen LogP contribution in [0.4, 0.5) is 0 Å². The first-order valence-corrected chi connectivity index (χ1v) is 4.85. The van der Waals surface area contributed by atoms with Crippen molar-refractivity contribution in [1.29, 1.82) is 0 Å². The summed E-state index contributed by atoms with van der Waals surface area (Å²) in [4.78, 5) is 13.3. The van der Waals surface area contributed by atoms with Gasteiger partial charge in [0.05, 0.1) is 13.2 Å². The molecule has 1 aromatic carbocycles. The van der Waals surface area contributed by atoms with Crippen molar-refractivity contribution in [1.82, 2.24) is 0 Å². The average molecular weight is 220 g/mol. The lowest BCUT2D eigenvalue weighted by molar-refractivity contribution is -0.139. The lowest BCUT2D eigenvalue weighted by Gasteiger charge is -2.04. The predicted octanol–water partition coefficient (Wildman–Crippen LogP) is 1.30. The van der Waals surface area contributed by atoms with Crippen molar-refractivity contribution in [2.75, 3.05) is 13.2 Å². The van der Waals surface area contributed by atoms with E-state index in [1.165, 1.54) is 0 Å². The highest BCUT2D eigenvalue weighted by molar-refractivity contribution is 6.20. The first kappa shape index (κ1) is 11.9. The molecule has 0 aliphatic rings. The SMILES string of the molecule is [N-]=[N+]=CC(=O)OCCCOc1ccccc1. The Hall–Kier alpha value is -2.13. The molecule has 0 saturated carbocycles. The van der Waals surface area contributed by atoms with Gasteiger partial charge in [0.15, 0.2) is 0 Å². The number of carbonyl (C=O) groups excluding carboxylic acids is 1. The molecule has 0 spiro atoms. The van der Waals surface area contributed by atoms with Gasteiger partial charge in [-0.25, -0.2) is 4.79 Å². The van der Waals surface area contributed by atoms with Crippen molar-refractivity contribution in [3.05, 3.63) is 35.9 Å². The van der Waals surface area contributed by atoms with Crippen molar-refractivity contribution in [2.45, 2.75) is 6.42 Å². The zero-order valence-electron chi connectivity index (χ0n) is 8.70. The van der Waals surface area contributed by atoms with Gasteiger partial charge in [-0.2, -0.15) is 4.79 Å². The van der Waals surface area contributed by atoms with Gasteiger partial charge in [0.2, 0.25) is 0 Å². The third-order valence-corrected chi connectivity index (χ3v) is 1.71. The maximum Gasteiger partial charge on any atom is 0.413 e. The van der Waals surface area contributed by atoms with Crippen LogP contribution in [0.2, 0.25) is 0 Å². The Morgan fingerprint density at radius 3 is 2.75 bits per heavy atom. The average Bonchev–Trinajstić information content (AvgIpc) is 2.30. The van der Waals surface area contributed by atoms with Crippen molar-refractivity contribution in [3.63, 3.8) is 0 Å². The summed E-state index contributed by atoms with van der Waals surface area (Å²) in [7, 11) is 0. The van der Waals surface area contributed by atoms with Gasteiger partial charge in [-0.05, 0) is 12.1 Å². The number of nitrogens with zero attached hydrogens (tertiary/aromatic N) is 2. The highest BCUT2D eigenvalue weighted by atomic mass is 16.5. The van der Waals surface area contributed by atoms with Crippen molar-refractivity contribution in [2.24, 2.45) is 0 Å². The van der Waals surface area contributed by atoms with Crippen molar-refractivity contribution in [3.8, 4) is 5.75 Å². The standard InChI is InChI=1S/C11H12N2O3/c12-13-9-11(14)16-8-4-7-15-10-5-2-1-3-6-10/h1-3,5-6,9H,4,7-8H2. The Balaban J connectivity index is 2.09. The zero-order valence-corrected chi connectivity index (χ0v) is 8.70. The van der Waals surface area contributed by atoms with Gasteiger partial charge in [0.25, 0.3) is 0 Å². The fraction of sp³-hybridized carbons (Fsp3) is 0.273. The molecular formula is C11H12N2O3. The predicted molar refractivity (Wildman–Crippen MR) is 57.2 cm³/mol. The fourth-order valence-corrected chi connectivity index (χ4v) is 1.02. The molecule has 0 bridgehead atoms. The van der Waals surface area contributed by atoms with E-state index in [1.807, 2.05) is 30.3 Å².